The van der Waals surface area contributed by atoms with Crippen LogP contribution in [0, 0.1) is 5.92 Å². The third kappa shape index (κ3) is 3.63. The van der Waals surface area contributed by atoms with E-state index in [0.29, 0.717) is 12.5 Å². The lowest BCUT2D eigenvalue weighted by atomic mass is 10.00. The second kappa shape index (κ2) is 6.20. The highest BCUT2D eigenvalue weighted by Gasteiger charge is 2.34. The Morgan fingerprint density at radius 3 is 2.59 bits per heavy atom. The molecule has 2 aliphatic rings. The molecule has 0 aliphatic carbocycles. The molecular weight excluding hydrogens is 361 g/mol. The standard InChI is InChI=1S/C15H16BrF3N2O/c16-14-7-13(22-20-14)11-5-6-21(9-11)8-10-1-3-12(4-2-10)15(17,18)19/h1-4,11,13H,5-9H2/t11-,13?/m0/s1. The van der Waals surface area contributed by atoms with Gasteiger partial charge in [0.25, 0.3) is 0 Å². The summed E-state index contributed by atoms with van der Waals surface area (Å²) < 4.78 is 38.5. The summed E-state index contributed by atoms with van der Waals surface area (Å²) in [6.07, 6.45) is -2.32. The molecule has 1 aromatic carbocycles. The molecule has 3 nitrogen and oxygen atoms in total. The number of oxime groups is 1. The van der Waals surface area contributed by atoms with Crippen LogP contribution in [0.2, 0.25) is 0 Å². The Kier molecular flexibility index (Phi) is 4.45. The molecule has 1 saturated heterocycles. The number of likely N-dealkylation sites (tertiary alicyclic amines) is 1. The molecule has 0 saturated carbocycles. The lowest BCUT2D eigenvalue weighted by Crippen LogP contribution is -2.25. The quantitative estimate of drug-likeness (QED) is 0.795. The van der Waals surface area contributed by atoms with Gasteiger partial charge in [-0.3, -0.25) is 4.90 Å². The molecule has 0 N–H and O–H groups in total. The molecule has 3 rings (SSSR count). The van der Waals surface area contributed by atoms with Gasteiger partial charge in [-0.25, -0.2) is 0 Å². The molecule has 1 fully saturated rings. The van der Waals surface area contributed by atoms with Crippen molar-refractivity contribution in [2.75, 3.05) is 13.1 Å². The smallest absolute Gasteiger partial charge is 0.391 e. The van der Waals surface area contributed by atoms with Crippen LogP contribution < -0.4 is 0 Å². The van der Waals surface area contributed by atoms with E-state index in [1.165, 1.54) is 0 Å². The Bertz CT molecular complexity index is 559. The van der Waals surface area contributed by atoms with Gasteiger partial charge in [0, 0.05) is 25.4 Å². The molecule has 1 unspecified atom stereocenters. The molecule has 120 valence electrons. The van der Waals surface area contributed by atoms with E-state index in [1.807, 2.05) is 0 Å². The molecular formula is C15H16BrF3N2O. The lowest BCUT2D eigenvalue weighted by molar-refractivity contribution is -0.137. The Morgan fingerprint density at radius 2 is 2.00 bits per heavy atom. The van der Waals surface area contributed by atoms with Crippen LogP contribution in [0.25, 0.3) is 0 Å². The zero-order valence-corrected chi connectivity index (χ0v) is 13.4. The minimum absolute atomic E-state index is 0.118. The number of halogens is 4. The Morgan fingerprint density at radius 1 is 1.27 bits per heavy atom. The molecule has 22 heavy (non-hydrogen) atoms. The molecule has 2 heterocycles. The second-order valence-electron chi connectivity index (χ2n) is 5.79. The zero-order chi connectivity index (χ0) is 15.7. The molecule has 1 aromatic rings. The first kappa shape index (κ1) is 15.8. The third-order valence-electron chi connectivity index (χ3n) is 4.18. The van der Waals surface area contributed by atoms with Gasteiger partial charge in [0.05, 0.1) is 5.56 Å². The van der Waals surface area contributed by atoms with Crippen LogP contribution in [-0.2, 0) is 17.6 Å². The van der Waals surface area contributed by atoms with Crippen molar-refractivity contribution in [3.8, 4) is 0 Å². The van der Waals surface area contributed by atoms with Gasteiger partial charge in [-0.1, -0.05) is 17.3 Å². The van der Waals surface area contributed by atoms with Gasteiger partial charge < -0.3 is 4.84 Å². The van der Waals surface area contributed by atoms with Gasteiger partial charge in [0.1, 0.15) is 10.7 Å². The number of benzene rings is 1. The molecule has 0 bridgehead atoms. The third-order valence-corrected chi connectivity index (χ3v) is 4.65. The van der Waals surface area contributed by atoms with Crippen LogP contribution in [0.1, 0.15) is 24.0 Å². The van der Waals surface area contributed by atoms with Crippen LogP contribution >= 0.6 is 15.9 Å². The highest BCUT2D eigenvalue weighted by atomic mass is 79.9. The van der Waals surface area contributed by atoms with Gasteiger partial charge in [-0.15, -0.1) is 0 Å². The Hall–Kier alpha value is -1.08. The molecule has 0 radical (unpaired) electrons. The molecule has 0 spiro atoms. The maximum absolute atomic E-state index is 12.5. The lowest BCUT2D eigenvalue weighted by Gasteiger charge is -2.18. The van der Waals surface area contributed by atoms with Gasteiger partial charge in [0.2, 0.25) is 0 Å². The first-order valence-corrected chi connectivity index (χ1v) is 7.98. The number of hydrogen-bond donors (Lipinski definition) is 0. The van der Waals surface area contributed by atoms with E-state index in [1.54, 1.807) is 12.1 Å². The van der Waals surface area contributed by atoms with E-state index in [9.17, 15) is 13.2 Å². The van der Waals surface area contributed by atoms with Crippen molar-refractivity contribution in [2.45, 2.75) is 31.7 Å². The van der Waals surface area contributed by atoms with Crippen molar-refractivity contribution in [3.63, 3.8) is 0 Å². The summed E-state index contributed by atoms with van der Waals surface area (Å²) >= 11 is 3.34. The fourth-order valence-corrected chi connectivity index (χ4v) is 3.39. The monoisotopic (exact) mass is 376 g/mol. The summed E-state index contributed by atoms with van der Waals surface area (Å²) in [4.78, 5) is 7.64. The van der Waals surface area contributed by atoms with Crippen LogP contribution in [0.15, 0.2) is 29.4 Å². The largest absolute Gasteiger partial charge is 0.416 e. The average molecular weight is 377 g/mol. The molecule has 7 heteroatoms. The molecule has 2 atom stereocenters. The van der Waals surface area contributed by atoms with Gasteiger partial charge in [-0.05, 0) is 46.6 Å². The first-order valence-electron chi connectivity index (χ1n) is 7.18. The van der Waals surface area contributed by atoms with E-state index in [-0.39, 0.29) is 6.10 Å². The minimum Gasteiger partial charge on any atom is -0.391 e. The highest BCUT2D eigenvalue weighted by Crippen LogP contribution is 2.31. The minimum atomic E-state index is -4.27. The number of alkyl halides is 3. The molecule has 0 aromatic heterocycles. The van der Waals surface area contributed by atoms with Crippen molar-refractivity contribution >= 4 is 20.6 Å². The van der Waals surface area contributed by atoms with Crippen molar-refractivity contribution in [2.24, 2.45) is 11.1 Å². The number of rotatable bonds is 3. The first-order chi connectivity index (χ1) is 10.4. The van der Waals surface area contributed by atoms with Crippen molar-refractivity contribution in [3.05, 3.63) is 35.4 Å². The van der Waals surface area contributed by atoms with E-state index in [2.05, 4.69) is 26.0 Å². The van der Waals surface area contributed by atoms with Gasteiger partial charge in [-0.2, -0.15) is 13.2 Å². The fraction of sp³-hybridized carbons (Fsp3) is 0.533. The second-order valence-corrected chi connectivity index (χ2v) is 6.71. The SMILES string of the molecule is FC(F)(F)c1ccc(CN2CC[C@H](C3CC(Br)=NO3)C2)cc1. The van der Waals surface area contributed by atoms with E-state index >= 15 is 0 Å². The van der Waals surface area contributed by atoms with Crippen LogP contribution in [-0.4, -0.2) is 28.7 Å². The summed E-state index contributed by atoms with van der Waals surface area (Å²) in [5.74, 6) is 0.424. The van der Waals surface area contributed by atoms with Crippen molar-refractivity contribution in [1.29, 1.82) is 0 Å². The zero-order valence-electron chi connectivity index (χ0n) is 11.8. The summed E-state index contributed by atoms with van der Waals surface area (Å²) in [6.45, 7) is 2.49. The molecule has 2 aliphatic heterocycles. The fourth-order valence-electron chi connectivity index (χ4n) is 2.99. The van der Waals surface area contributed by atoms with Gasteiger partial charge in [0.15, 0.2) is 0 Å². The predicted molar refractivity (Wildman–Crippen MR) is 80.7 cm³/mol. The van der Waals surface area contributed by atoms with E-state index in [0.717, 1.165) is 48.2 Å². The highest BCUT2D eigenvalue weighted by molar-refractivity contribution is 9.18. The van der Waals surface area contributed by atoms with Crippen LogP contribution in [0.5, 0.6) is 0 Å². The normalized spacial score (nSPS) is 26.1. The van der Waals surface area contributed by atoms with E-state index in [4.69, 9.17) is 4.84 Å². The molecule has 0 amide bonds. The Balaban J connectivity index is 1.54. The summed E-state index contributed by atoms with van der Waals surface area (Å²) in [5.41, 5.74) is 0.301. The summed E-state index contributed by atoms with van der Waals surface area (Å²) in [6, 6.07) is 5.41. The maximum atomic E-state index is 12.5. The van der Waals surface area contributed by atoms with E-state index < -0.39 is 11.7 Å². The number of nitrogens with zero attached hydrogens (tertiary/aromatic N) is 2. The van der Waals surface area contributed by atoms with Crippen molar-refractivity contribution < 1.29 is 18.0 Å². The topological polar surface area (TPSA) is 24.8 Å². The van der Waals surface area contributed by atoms with Crippen LogP contribution in [0.3, 0.4) is 0 Å². The predicted octanol–water partition coefficient (Wildman–Crippen LogP) is 4.02. The van der Waals surface area contributed by atoms with Crippen LogP contribution in [0.4, 0.5) is 13.2 Å². The average Bonchev–Trinajstić information content (AvgIpc) is 3.07. The maximum Gasteiger partial charge on any atom is 0.416 e. The van der Waals surface area contributed by atoms with Gasteiger partial charge >= 0.3 is 6.18 Å². The Labute approximate surface area is 135 Å². The number of hydrogen-bond acceptors (Lipinski definition) is 3. The van der Waals surface area contributed by atoms with Crippen molar-refractivity contribution in [1.82, 2.24) is 4.90 Å². The summed E-state index contributed by atoms with van der Waals surface area (Å²) in [7, 11) is 0. The summed E-state index contributed by atoms with van der Waals surface area (Å²) in [5, 5.41) is 3.91.